The van der Waals surface area contributed by atoms with Crippen LogP contribution in [0.15, 0.2) is 84.9 Å². The Hall–Kier alpha value is -3.88. The zero-order valence-corrected chi connectivity index (χ0v) is 16.4. The number of ether oxygens (including phenoxy) is 1. The highest BCUT2D eigenvalue weighted by atomic mass is 16.5. The monoisotopic (exact) mass is 398 g/mol. The molecule has 0 saturated heterocycles. The van der Waals surface area contributed by atoms with Crippen LogP contribution in [-0.4, -0.2) is 25.0 Å². The SMILES string of the molecule is C#CCNC(=O)c1ccccc1NC(=O)COC(c1ccccc1)c1ccccc1. The van der Waals surface area contributed by atoms with Crippen LogP contribution in [-0.2, 0) is 9.53 Å². The van der Waals surface area contributed by atoms with Crippen molar-refractivity contribution in [2.24, 2.45) is 0 Å². The summed E-state index contributed by atoms with van der Waals surface area (Å²) in [7, 11) is 0. The Bertz CT molecular complexity index is 988. The van der Waals surface area contributed by atoms with Crippen LogP contribution in [0.4, 0.5) is 5.69 Å². The number of carbonyl (C=O) groups excluding carboxylic acids is 2. The van der Waals surface area contributed by atoms with Crippen molar-refractivity contribution in [3.8, 4) is 12.3 Å². The van der Waals surface area contributed by atoms with Crippen molar-refractivity contribution in [3.63, 3.8) is 0 Å². The topological polar surface area (TPSA) is 67.4 Å². The van der Waals surface area contributed by atoms with Gasteiger partial charge in [0.2, 0.25) is 5.91 Å². The van der Waals surface area contributed by atoms with Crippen molar-refractivity contribution in [2.45, 2.75) is 6.10 Å². The van der Waals surface area contributed by atoms with Crippen molar-refractivity contribution in [1.29, 1.82) is 0 Å². The second-order valence-corrected chi connectivity index (χ2v) is 6.49. The average molecular weight is 398 g/mol. The highest BCUT2D eigenvalue weighted by Gasteiger charge is 2.17. The van der Waals surface area contributed by atoms with Crippen LogP contribution in [0.3, 0.4) is 0 Å². The van der Waals surface area contributed by atoms with Gasteiger partial charge in [0.05, 0.1) is 17.8 Å². The molecule has 0 bridgehead atoms. The first-order chi connectivity index (χ1) is 14.7. The van der Waals surface area contributed by atoms with E-state index in [4.69, 9.17) is 11.2 Å². The van der Waals surface area contributed by atoms with E-state index in [2.05, 4.69) is 16.6 Å². The van der Waals surface area contributed by atoms with E-state index < -0.39 is 0 Å². The third-order valence-corrected chi connectivity index (χ3v) is 4.38. The van der Waals surface area contributed by atoms with Crippen LogP contribution in [0.1, 0.15) is 27.6 Å². The number of carbonyl (C=O) groups is 2. The van der Waals surface area contributed by atoms with Gasteiger partial charge in [-0.2, -0.15) is 0 Å². The molecule has 0 fully saturated rings. The molecule has 3 rings (SSSR count). The molecule has 0 saturated carbocycles. The van der Waals surface area contributed by atoms with Crippen LogP contribution < -0.4 is 10.6 Å². The van der Waals surface area contributed by atoms with Crippen molar-refractivity contribution in [3.05, 3.63) is 102 Å². The first-order valence-corrected chi connectivity index (χ1v) is 9.51. The maximum atomic E-state index is 12.6. The minimum atomic E-state index is -0.382. The maximum Gasteiger partial charge on any atom is 0.254 e. The largest absolute Gasteiger partial charge is 0.359 e. The molecule has 0 heterocycles. The summed E-state index contributed by atoms with van der Waals surface area (Å²) in [5, 5.41) is 5.35. The third-order valence-electron chi connectivity index (χ3n) is 4.38. The molecule has 0 unspecified atom stereocenters. The van der Waals surface area contributed by atoms with Crippen LogP contribution in [0.5, 0.6) is 0 Å². The van der Waals surface area contributed by atoms with E-state index in [0.29, 0.717) is 11.3 Å². The zero-order valence-electron chi connectivity index (χ0n) is 16.4. The lowest BCUT2D eigenvalue weighted by Gasteiger charge is -2.19. The molecule has 2 amide bonds. The number of hydrogen-bond acceptors (Lipinski definition) is 3. The zero-order chi connectivity index (χ0) is 21.2. The fourth-order valence-corrected chi connectivity index (χ4v) is 3.00. The number of anilines is 1. The fraction of sp³-hybridized carbons (Fsp3) is 0.120. The number of nitrogens with one attached hydrogen (secondary N) is 2. The van der Waals surface area contributed by atoms with Gasteiger partial charge in [-0.3, -0.25) is 9.59 Å². The Labute approximate surface area is 176 Å². The standard InChI is InChI=1S/C25H22N2O3/c1-2-17-26-25(29)21-15-9-10-16-22(21)27-23(28)18-30-24(19-11-5-3-6-12-19)20-13-7-4-8-14-20/h1,3-16,24H,17-18H2,(H,26,29)(H,27,28). The minimum absolute atomic E-state index is 0.111. The van der Waals surface area contributed by atoms with E-state index >= 15 is 0 Å². The molecule has 2 N–H and O–H groups in total. The van der Waals surface area contributed by atoms with Gasteiger partial charge in [-0.1, -0.05) is 78.7 Å². The van der Waals surface area contributed by atoms with E-state index in [-0.39, 0.29) is 31.1 Å². The van der Waals surface area contributed by atoms with Gasteiger partial charge in [0.25, 0.3) is 5.91 Å². The van der Waals surface area contributed by atoms with E-state index in [9.17, 15) is 9.59 Å². The molecular formula is C25H22N2O3. The second-order valence-electron chi connectivity index (χ2n) is 6.49. The summed E-state index contributed by atoms with van der Waals surface area (Å²) in [6.07, 6.45) is 4.80. The highest BCUT2D eigenvalue weighted by molar-refractivity contribution is 6.04. The maximum absolute atomic E-state index is 12.6. The van der Waals surface area contributed by atoms with Gasteiger partial charge in [0.15, 0.2) is 0 Å². The molecule has 3 aromatic rings. The van der Waals surface area contributed by atoms with Crippen LogP contribution in [0.25, 0.3) is 0 Å². The molecule has 0 aliphatic carbocycles. The van der Waals surface area contributed by atoms with Crippen LogP contribution in [0, 0.1) is 12.3 Å². The number of hydrogen-bond donors (Lipinski definition) is 2. The Morgan fingerprint density at radius 3 is 2.03 bits per heavy atom. The molecule has 3 aromatic carbocycles. The summed E-state index contributed by atoms with van der Waals surface area (Å²) < 4.78 is 5.97. The van der Waals surface area contributed by atoms with Gasteiger partial charge in [-0.05, 0) is 23.3 Å². The average Bonchev–Trinajstić information content (AvgIpc) is 2.79. The number of benzene rings is 3. The lowest BCUT2D eigenvalue weighted by molar-refractivity contribution is -0.121. The lowest BCUT2D eigenvalue weighted by Crippen LogP contribution is -2.26. The van der Waals surface area contributed by atoms with Gasteiger partial charge in [-0.25, -0.2) is 0 Å². The Morgan fingerprint density at radius 1 is 0.867 bits per heavy atom. The van der Waals surface area contributed by atoms with Gasteiger partial charge >= 0.3 is 0 Å². The first-order valence-electron chi connectivity index (χ1n) is 9.51. The normalized spacial score (nSPS) is 10.3. The number of rotatable bonds is 8. The smallest absolute Gasteiger partial charge is 0.254 e. The van der Waals surface area contributed by atoms with Crippen LogP contribution in [0.2, 0.25) is 0 Å². The van der Waals surface area contributed by atoms with Gasteiger partial charge in [0.1, 0.15) is 12.7 Å². The molecular weight excluding hydrogens is 376 g/mol. The summed E-state index contributed by atoms with van der Waals surface area (Å²) in [6, 6.07) is 26.2. The van der Waals surface area contributed by atoms with Crippen LogP contribution >= 0.6 is 0 Å². The van der Waals surface area contributed by atoms with Crippen molar-refractivity contribution in [2.75, 3.05) is 18.5 Å². The Balaban J connectivity index is 1.70. The van der Waals surface area contributed by atoms with E-state index in [1.807, 2.05) is 60.7 Å². The molecule has 0 radical (unpaired) electrons. The van der Waals surface area contributed by atoms with E-state index in [1.165, 1.54) is 0 Å². The molecule has 0 spiro atoms. The van der Waals surface area contributed by atoms with Crippen molar-refractivity contribution >= 4 is 17.5 Å². The summed E-state index contributed by atoms with van der Waals surface area (Å²) in [4.78, 5) is 24.8. The van der Waals surface area contributed by atoms with Gasteiger partial charge in [0, 0.05) is 0 Å². The highest BCUT2D eigenvalue weighted by Crippen LogP contribution is 2.25. The Kier molecular flexibility index (Phi) is 7.37. The minimum Gasteiger partial charge on any atom is -0.359 e. The molecule has 5 nitrogen and oxygen atoms in total. The molecule has 0 aromatic heterocycles. The Morgan fingerprint density at radius 2 is 1.43 bits per heavy atom. The predicted molar refractivity (Wildman–Crippen MR) is 117 cm³/mol. The number of para-hydroxylation sites is 1. The summed E-state index contributed by atoms with van der Waals surface area (Å²) in [5.41, 5.74) is 2.64. The quantitative estimate of drug-likeness (QED) is 0.567. The molecule has 0 aliphatic rings. The molecule has 30 heavy (non-hydrogen) atoms. The molecule has 0 atom stereocenters. The van der Waals surface area contributed by atoms with Crippen molar-refractivity contribution in [1.82, 2.24) is 5.32 Å². The second kappa shape index (κ2) is 10.6. The number of amides is 2. The van der Waals surface area contributed by atoms with E-state index in [0.717, 1.165) is 11.1 Å². The van der Waals surface area contributed by atoms with Gasteiger partial charge < -0.3 is 15.4 Å². The van der Waals surface area contributed by atoms with Gasteiger partial charge in [-0.15, -0.1) is 6.42 Å². The van der Waals surface area contributed by atoms with E-state index in [1.54, 1.807) is 24.3 Å². The predicted octanol–water partition coefficient (Wildman–Crippen LogP) is 3.79. The summed E-state index contributed by atoms with van der Waals surface area (Å²) in [6.45, 7) is -0.0607. The summed E-state index contributed by atoms with van der Waals surface area (Å²) in [5.74, 6) is 1.65. The summed E-state index contributed by atoms with van der Waals surface area (Å²) >= 11 is 0. The third kappa shape index (κ3) is 5.57. The molecule has 5 heteroatoms. The molecule has 0 aliphatic heterocycles. The fourth-order valence-electron chi connectivity index (χ4n) is 3.00. The first kappa shape index (κ1) is 20.8. The number of terminal acetylenes is 1. The lowest BCUT2D eigenvalue weighted by atomic mass is 10.0. The van der Waals surface area contributed by atoms with Crippen molar-refractivity contribution < 1.29 is 14.3 Å². The molecule has 150 valence electrons.